The predicted octanol–water partition coefficient (Wildman–Crippen LogP) is 4.83. The molecular formula is C25H24ClN3O4. The minimum atomic E-state index is -0.460. The summed E-state index contributed by atoms with van der Waals surface area (Å²) in [6.07, 6.45) is 4.02. The van der Waals surface area contributed by atoms with Crippen LogP contribution in [0.4, 0.5) is 5.69 Å². The normalized spacial score (nSPS) is 19.8. The molecule has 33 heavy (non-hydrogen) atoms. The molecule has 0 spiro atoms. The van der Waals surface area contributed by atoms with Crippen molar-refractivity contribution in [2.24, 2.45) is 11.8 Å². The molecule has 7 nitrogen and oxygen atoms in total. The number of amides is 1. The maximum atomic E-state index is 13.4. The third kappa shape index (κ3) is 4.50. The highest BCUT2D eigenvalue weighted by molar-refractivity contribution is 6.30. The van der Waals surface area contributed by atoms with E-state index in [4.69, 9.17) is 20.8 Å². The number of nitrogens with zero attached hydrogens (tertiary/aromatic N) is 3. The Balaban J connectivity index is 1.24. The van der Waals surface area contributed by atoms with E-state index in [1.165, 1.54) is 5.56 Å². The van der Waals surface area contributed by atoms with Crippen LogP contribution in [0, 0.1) is 11.8 Å². The topological polar surface area (TPSA) is 85.5 Å². The van der Waals surface area contributed by atoms with Crippen LogP contribution in [0.1, 0.15) is 37.1 Å². The maximum Gasteiger partial charge on any atom is 0.310 e. The second kappa shape index (κ2) is 9.35. The molecule has 0 saturated heterocycles. The predicted molar refractivity (Wildman–Crippen MR) is 122 cm³/mol. The van der Waals surface area contributed by atoms with E-state index in [1.807, 2.05) is 23.1 Å². The fourth-order valence-corrected chi connectivity index (χ4v) is 4.86. The number of carbonyl (C=O) groups is 2. The van der Waals surface area contributed by atoms with Gasteiger partial charge >= 0.3 is 5.97 Å². The highest BCUT2D eigenvalue weighted by atomic mass is 35.5. The number of hydrogen-bond acceptors (Lipinski definition) is 6. The van der Waals surface area contributed by atoms with Gasteiger partial charge in [-0.1, -0.05) is 42.6 Å². The minimum Gasteiger partial charge on any atom is -0.455 e. The molecule has 1 fully saturated rings. The summed E-state index contributed by atoms with van der Waals surface area (Å²) in [6.45, 7) is 0.537. The lowest BCUT2D eigenvalue weighted by Gasteiger charge is -2.32. The van der Waals surface area contributed by atoms with E-state index in [0.717, 1.165) is 30.5 Å². The van der Waals surface area contributed by atoms with Crippen molar-refractivity contribution >= 4 is 29.2 Å². The molecule has 1 aliphatic heterocycles. The summed E-state index contributed by atoms with van der Waals surface area (Å²) in [7, 11) is 0. The van der Waals surface area contributed by atoms with E-state index in [0.29, 0.717) is 30.3 Å². The van der Waals surface area contributed by atoms with Gasteiger partial charge in [0.1, 0.15) is 0 Å². The zero-order valence-corrected chi connectivity index (χ0v) is 18.8. The molecule has 1 amide bonds. The standard InChI is InChI=1S/C25H24ClN3O4/c26-18-11-9-17(10-12-18)23-28-27-22(33-23)15-32-25(31)20-7-3-2-6-19(20)24(30)29-14-13-16-5-1-4-8-21(16)29/h1,4-5,8-12,19-20H,2-3,6-7,13-15H2. The lowest BCUT2D eigenvalue weighted by molar-refractivity contribution is -0.156. The highest BCUT2D eigenvalue weighted by Gasteiger charge is 2.40. The van der Waals surface area contributed by atoms with Gasteiger partial charge in [-0.3, -0.25) is 9.59 Å². The minimum absolute atomic E-state index is 0.0180. The molecule has 5 rings (SSSR count). The Hall–Kier alpha value is -3.19. The summed E-state index contributed by atoms with van der Waals surface area (Å²) in [6, 6.07) is 15.0. The van der Waals surface area contributed by atoms with Gasteiger partial charge in [-0.2, -0.15) is 0 Å². The monoisotopic (exact) mass is 465 g/mol. The summed E-state index contributed by atoms with van der Waals surface area (Å²) in [5, 5.41) is 8.60. The molecule has 2 aromatic carbocycles. The van der Waals surface area contributed by atoms with Crippen molar-refractivity contribution in [3.05, 3.63) is 65.0 Å². The second-order valence-corrected chi connectivity index (χ2v) is 8.92. The van der Waals surface area contributed by atoms with Gasteiger partial charge in [-0.25, -0.2) is 0 Å². The van der Waals surface area contributed by atoms with Crippen molar-refractivity contribution in [2.45, 2.75) is 38.7 Å². The summed E-state index contributed by atoms with van der Waals surface area (Å²) in [4.78, 5) is 28.2. The average Bonchev–Trinajstić information content (AvgIpc) is 3.50. The van der Waals surface area contributed by atoms with Crippen molar-refractivity contribution in [3.8, 4) is 11.5 Å². The van der Waals surface area contributed by atoms with Crippen LogP contribution in [-0.2, 0) is 27.4 Å². The summed E-state index contributed by atoms with van der Waals surface area (Å²) < 4.78 is 11.1. The molecule has 0 radical (unpaired) electrons. The zero-order chi connectivity index (χ0) is 22.8. The summed E-state index contributed by atoms with van der Waals surface area (Å²) in [5.74, 6) is -0.657. The van der Waals surface area contributed by atoms with Gasteiger partial charge in [0.05, 0.1) is 11.8 Å². The number of carbonyl (C=O) groups excluding carboxylic acids is 2. The molecule has 1 aromatic heterocycles. The molecule has 1 aliphatic carbocycles. The van der Waals surface area contributed by atoms with Crippen molar-refractivity contribution in [2.75, 3.05) is 11.4 Å². The fraction of sp³-hybridized carbons (Fsp3) is 0.360. The number of para-hydroxylation sites is 1. The van der Waals surface area contributed by atoms with Gasteiger partial charge in [0, 0.05) is 22.8 Å². The smallest absolute Gasteiger partial charge is 0.310 e. The Morgan fingerprint density at radius 3 is 2.61 bits per heavy atom. The lowest BCUT2D eigenvalue weighted by Crippen LogP contribution is -2.42. The van der Waals surface area contributed by atoms with Crippen molar-refractivity contribution in [3.63, 3.8) is 0 Å². The molecule has 3 aromatic rings. The molecule has 2 aliphatic rings. The van der Waals surface area contributed by atoms with Crippen LogP contribution in [0.5, 0.6) is 0 Å². The lowest BCUT2D eigenvalue weighted by atomic mass is 9.78. The number of rotatable bonds is 5. The summed E-state index contributed by atoms with van der Waals surface area (Å²) in [5.41, 5.74) is 2.86. The first-order valence-electron chi connectivity index (χ1n) is 11.2. The van der Waals surface area contributed by atoms with Crippen LogP contribution in [0.2, 0.25) is 5.02 Å². The van der Waals surface area contributed by atoms with Gasteiger partial charge in [0.2, 0.25) is 11.8 Å². The second-order valence-electron chi connectivity index (χ2n) is 8.48. The first-order valence-corrected chi connectivity index (χ1v) is 11.6. The van der Waals surface area contributed by atoms with Gasteiger partial charge in [0.15, 0.2) is 6.61 Å². The van der Waals surface area contributed by atoms with Crippen LogP contribution < -0.4 is 4.90 Å². The number of benzene rings is 2. The molecule has 0 bridgehead atoms. The number of ether oxygens (including phenoxy) is 1. The number of halogens is 1. The number of aromatic nitrogens is 2. The Morgan fingerprint density at radius 2 is 1.79 bits per heavy atom. The first kappa shape index (κ1) is 21.6. The quantitative estimate of drug-likeness (QED) is 0.502. The van der Waals surface area contributed by atoms with Crippen molar-refractivity contribution in [1.29, 1.82) is 0 Å². The van der Waals surface area contributed by atoms with E-state index in [1.54, 1.807) is 24.3 Å². The van der Waals surface area contributed by atoms with Crippen molar-refractivity contribution in [1.82, 2.24) is 10.2 Å². The highest BCUT2D eigenvalue weighted by Crippen LogP contribution is 2.36. The Kier molecular flexibility index (Phi) is 6.13. The molecular weight excluding hydrogens is 442 g/mol. The number of esters is 1. The molecule has 8 heteroatoms. The van der Waals surface area contributed by atoms with Gasteiger partial charge in [0.25, 0.3) is 5.89 Å². The molecule has 170 valence electrons. The van der Waals surface area contributed by atoms with E-state index < -0.39 is 5.92 Å². The first-order chi connectivity index (χ1) is 16.1. The van der Waals surface area contributed by atoms with Gasteiger partial charge < -0.3 is 14.1 Å². The van der Waals surface area contributed by atoms with Crippen LogP contribution in [-0.4, -0.2) is 28.6 Å². The van der Waals surface area contributed by atoms with E-state index in [2.05, 4.69) is 16.3 Å². The Labute approximate surface area is 196 Å². The molecule has 2 heterocycles. The molecule has 0 N–H and O–H groups in total. The maximum absolute atomic E-state index is 13.4. The molecule has 1 saturated carbocycles. The van der Waals surface area contributed by atoms with Gasteiger partial charge in [-0.05, 0) is 55.2 Å². The number of anilines is 1. The van der Waals surface area contributed by atoms with Crippen LogP contribution in [0.3, 0.4) is 0 Å². The fourth-order valence-electron chi connectivity index (χ4n) is 4.74. The van der Waals surface area contributed by atoms with E-state index >= 15 is 0 Å². The SMILES string of the molecule is O=C(OCc1nnc(-c2ccc(Cl)cc2)o1)C1CCCCC1C(=O)N1CCc2ccccc21. The molecule has 2 atom stereocenters. The van der Waals surface area contributed by atoms with E-state index in [-0.39, 0.29) is 30.3 Å². The zero-order valence-electron chi connectivity index (χ0n) is 18.1. The third-order valence-electron chi connectivity index (χ3n) is 6.44. The largest absolute Gasteiger partial charge is 0.455 e. The van der Waals surface area contributed by atoms with Crippen LogP contribution in [0.15, 0.2) is 52.9 Å². The number of hydrogen-bond donors (Lipinski definition) is 0. The van der Waals surface area contributed by atoms with Gasteiger partial charge in [-0.15, -0.1) is 10.2 Å². The number of fused-ring (bicyclic) bond motifs is 1. The average molecular weight is 466 g/mol. The Morgan fingerprint density at radius 1 is 1.03 bits per heavy atom. The Bertz CT molecular complexity index is 1160. The summed E-state index contributed by atoms with van der Waals surface area (Å²) >= 11 is 5.91. The van der Waals surface area contributed by atoms with Crippen molar-refractivity contribution < 1.29 is 18.7 Å². The third-order valence-corrected chi connectivity index (χ3v) is 6.69. The van der Waals surface area contributed by atoms with Crippen LogP contribution in [0.25, 0.3) is 11.5 Å². The van der Waals surface area contributed by atoms with E-state index in [9.17, 15) is 9.59 Å². The molecule has 2 unspecified atom stereocenters. The van der Waals surface area contributed by atoms with Crippen LogP contribution >= 0.6 is 11.6 Å².